The van der Waals surface area contributed by atoms with E-state index in [1.54, 1.807) is 0 Å². The molecular formula is C11H15FN2O2. The molecule has 0 atom stereocenters. The molecule has 0 aromatic heterocycles. The Morgan fingerprint density at radius 2 is 2.31 bits per heavy atom. The predicted molar refractivity (Wildman–Crippen MR) is 59.9 cm³/mol. The first-order valence-corrected chi connectivity index (χ1v) is 5.01. The van der Waals surface area contributed by atoms with E-state index in [4.69, 9.17) is 10.5 Å². The van der Waals surface area contributed by atoms with Gasteiger partial charge in [0.25, 0.3) is 0 Å². The number of nitrogens with one attached hydrogen (secondary N) is 1. The van der Waals surface area contributed by atoms with Crippen LogP contribution in [0.3, 0.4) is 0 Å². The van der Waals surface area contributed by atoms with Gasteiger partial charge in [0.15, 0.2) is 11.6 Å². The molecule has 0 aliphatic carbocycles. The van der Waals surface area contributed by atoms with Gasteiger partial charge in [0.05, 0.1) is 7.11 Å². The van der Waals surface area contributed by atoms with Crippen LogP contribution in [0.25, 0.3) is 0 Å². The van der Waals surface area contributed by atoms with Crippen molar-refractivity contribution in [3.63, 3.8) is 0 Å². The second-order valence-corrected chi connectivity index (χ2v) is 3.29. The van der Waals surface area contributed by atoms with E-state index in [2.05, 4.69) is 5.32 Å². The summed E-state index contributed by atoms with van der Waals surface area (Å²) in [5.74, 6) is -0.488. The Morgan fingerprint density at radius 3 is 2.94 bits per heavy atom. The van der Waals surface area contributed by atoms with Crippen molar-refractivity contribution >= 4 is 11.6 Å². The zero-order chi connectivity index (χ0) is 12.0. The van der Waals surface area contributed by atoms with Gasteiger partial charge < -0.3 is 15.8 Å². The van der Waals surface area contributed by atoms with Crippen molar-refractivity contribution in [2.45, 2.75) is 12.8 Å². The molecule has 0 saturated carbocycles. The molecule has 1 aromatic carbocycles. The highest BCUT2D eigenvalue weighted by Crippen LogP contribution is 2.21. The molecular weight excluding hydrogens is 211 g/mol. The maximum Gasteiger partial charge on any atom is 0.224 e. The van der Waals surface area contributed by atoms with Crippen LogP contribution in [0.5, 0.6) is 5.75 Å². The van der Waals surface area contributed by atoms with E-state index in [1.165, 1.54) is 25.3 Å². The molecule has 0 spiro atoms. The van der Waals surface area contributed by atoms with E-state index in [0.717, 1.165) is 0 Å². The minimum Gasteiger partial charge on any atom is -0.494 e. The largest absolute Gasteiger partial charge is 0.494 e. The van der Waals surface area contributed by atoms with E-state index in [0.29, 0.717) is 25.1 Å². The van der Waals surface area contributed by atoms with Crippen molar-refractivity contribution in [1.29, 1.82) is 0 Å². The highest BCUT2D eigenvalue weighted by atomic mass is 19.1. The first kappa shape index (κ1) is 12.4. The third kappa shape index (κ3) is 3.51. The third-order valence-corrected chi connectivity index (χ3v) is 2.04. The fourth-order valence-corrected chi connectivity index (χ4v) is 1.22. The first-order valence-electron chi connectivity index (χ1n) is 5.01. The van der Waals surface area contributed by atoms with E-state index >= 15 is 0 Å². The number of benzene rings is 1. The highest BCUT2D eigenvalue weighted by molar-refractivity contribution is 5.90. The minimum absolute atomic E-state index is 0.108. The van der Waals surface area contributed by atoms with Gasteiger partial charge in [-0.25, -0.2) is 4.39 Å². The van der Waals surface area contributed by atoms with Crippen molar-refractivity contribution in [1.82, 2.24) is 0 Å². The van der Waals surface area contributed by atoms with Gasteiger partial charge in [-0.1, -0.05) is 0 Å². The number of amides is 1. The fourth-order valence-electron chi connectivity index (χ4n) is 1.22. The van der Waals surface area contributed by atoms with Crippen molar-refractivity contribution in [3.8, 4) is 5.75 Å². The van der Waals surface area contributed by atoms with Gasteiger partial charge in [0.1, 0.15) is 0 Å². The number of anilines is 1. The average molecular weight is 226 g/mol. The van der Waals surface area contributed by atoms with Crippen LogP contribution in [-0.2, 0) is 4.79 Å². The molecule has 0 heterocycles. The predicted octanol–water partition coefficient (Wildman–Crippen LogP) is 1.51. The van der Waals surface area contributed by atoms with Crippen molar-refractivity contribution in [2.24, 2.45) is 5.73 Å². The summed E-state index contributed by atoms with van der Waals surface area (Å²) in [5.41, 5.74) is 5.80. The topological polar surface area (TPSA) is 64.3 Å². The standard InChI is InChI=1S/C11H15FN2O2/c1-16-10-7-8(4-5-9(10)12)14-11(15)3-2-6-13/h4-5,7H,2-3,6,13H2,1H3,(H,14,15). The number of hydrogen-bond donors (Lipinski definition) is 2. The Balaban J connectivity index is 2.63. The number of carbonyl (C=O) groups excluding carboxylic acids is 1. The van der Waals surface area contributed by atoms with Gasteiger partial charge >= 0.3 is 0 Å². The Hall–Kier alpha value is -1.62. The van der Waals surface area contributed by atoms with Crippen molar-refractivity contribution < 1.29 is 13.9 Å². The van der Waals surface area contributed by atoms with Gasteiger partial charge in [-0.05, 0) is 25.1 Å². The van der Waals surface area contributed by atoms with E-state index < -0.39 is 5.82 Å². The van der Waals surface area contributed by atoms with Gasteiger partial charge in [-0.15, -0.1) is 0 Å². The molecule has 1 aromatic rings. The average Bonchev–Trinajstić information content (AvgIpc) is 2.29. The number of halogens is 1. The number of rotatable bonds is 5. The molecule has 0 saturated heterocycles. The quantitative estimate of drug-likeness (QED) is 0.799. The Kier molecular flexibility index (Phi) is 4.72. The van der Waals surface area contributed by atoms with E-state index in [1.807, 2.05) is 0 Å². The van der Waals surface area contributed by atoms with Crippen LogP contribution in [0.15, 0.2) is 18.2 Å². The van der Waals surface area contributed by atoms with Crippen LogP contribution in [0.1, 0.15) is 12.8 Å². The van der Waals surface area contributed by atoms with Crippen LogP contribution >= 0.6 is 0 Å². The van der Waals surface area contributed by atoms with Gasteiger partial charge in [-0.3, -0.25) is 4.79 Å². The van der Waals surface area contributed by atoms with Crippen LogP contribution in [0.2, 0.25) is 0 Å². The SMILES string of the molecule is COc1cc(NC(=O)CCCN)ccc1F. The molecule has 0 fully saturated rings. The lowest BCUT2D eigenvalue weighted by Crippen LogP contribution is -2.13. The summed E-state index contributed by atoms with van der Waals surface area (Å²) < 4.78 is 17.9. The number of nitrogens with two attached hydrogens (primary N) is 1. The summed E-state index contributed by atoms with van der Waals surface area (Å²) in [7, 11) is 1.37. The van der Waals surface area contributed by atoms with Crippen molar-refractivity contribution in [3.05, 3.63) is 24.0 Å². The fraction of sp³-hybridized carbons (Fsp3) is 0.364. The Labute approximate surface area is 93.6 Å². The van der Waals surface area contributed by atoms with Gasteiger partial charge in [0, 0.05) is 18.2 Å². The molecule has 1 amide bonds. The molecule has 16 heavy (non-hydrogen) atoms. The molecule has 0 bridgehead atoms. The summed E-state index contributed by atoms with van der Waals surface area (Å²) in [6.45, 7) is 0.472. The van der Waals surface area contributed by atoms with E-state index in [-0.39, 0.29) is 11.7 Å². The highest BCUT2D eigenvalue weighted by Gasteiger charge is 2.06. The zero-order valence-electron chi connectivity index (χ0n) is 9.13. The summed E-state index contributed by atoms with van der Waals surface area (Å²) >= 11 is 0. The minimum atomic E-state index is -0.456. The molecule has 0 radical (unpaired) electrons. The summed E-state index contributed by atoms with van der Waals surface area (Å²) in [6.07, 6.45) is 0.986. The number of ether oxygens (including phenoxy) is 1. The molecule has 1 rings (SSSR count). The molecule has 88 valence electrons. The second kappa shape index (κ2) is 6.07. The van der Waals surface area contributed by atoms with Crippen molar-refractivity contribution in [2.75, 3.05) is 19.0 Å². The van der Waals surface area contributed by atoms with Crippen LogP contribution in [0.4, 0.5) is 10.1 Å². The number of hydrogen-bond acceptors (Lipinski definition) is 3. The maximum absolute atomic E-state index is 13.1. The maximum atomic E-state index is 13.1. The summed E-state index contributed by atoms with van der Waals surface area (Å²) in [5, 5.41) is 2.64. The molecule has 4 nitrogen and oxygen atoms in total. The van der Waals surface area contributed by atoms with Gasteiger partial charge in [0.2, 0.25) is 5.91 Å². The lowest BCUT2D eigenvalue weighted by atomic mass is 10.2. The van der Waals surface area contributed by atoms with E-state index in [9.17, 15) is 9.18 Å². The first-order chi connectivity index (χ1) is 7.67. The normalized spacial score (nSPS) is 9.94. The summed E-state index contributed by atoms with van der Waals surface area (Å²) in [6, 6.07) is 4.17. The number of carbonyl (C=O) groups is 1. The van der Waals surface area contributed by atoms with Crippen LogP contribution in [0, 0.1) is 5.82 Å². The molecule has 3 N–H and O–H groups in total. The monoisotopic (exact) mass is 226 g/mol. The molecule has 0 aliphatic rings. The lowest BCUT2D eigenvalue weighted by molar-refractivity contribution is -0.116. The Morgan fingerprint density at radius 1 is 1.56 bits per heavy atom. The Bertz CT molecular complexity index is 369. The summed E-state index contributed by atoms with van der Waals surface area (Å²) in [4.78, 5) is 11.4. The smallest absolute Gasteiger partial charge is 0.224 e. The third-order valence-electron chi connectivity index (χ3n) is 2.04. The van der Waals surface area contributed by atoms with Crippen LogP contribution < -0.4 is 15.8 Å². The molecule has 0 unspecified atom stereocenters. The molecule has 0 aliphatic heterocycles. The lowest BCUT2D eigenvalue weighted by Gasteiger charge is -2.07. The number of methoxy groups -OCH3 is 1. The van der Waals surface area contributed by atoms with Gasteiger partial charge in [-0.2, -0.15) is 0 Å². The second-order valence-electron chi connectivity index (χ2n) is 3.29. The van der Waals surface area contributed by atoms with Crippen LogP contribution in [-0.4, -0.2) is 19.6 Å². The zero-order valence-corrected chi connectivity index (χ0v) is 9.13. The molecule has 5 heteroatoms.